The number of carbonyl (C=O) groups excluding carboxylic acids is 1. The molecule has 0 saturated heterocycles. The standard InChI is InChI=1S/C14H19Cl2NO3S/c1-9(14(2,3)4)7-13(18)17-12-6-5-10(8-11(12)15)21(16,19)20/h5-6,8-9H,7H2,1-4H3,(H,17,18). The maximum Gasteiger partial charge on any atom is 0.261 e. The third-order valence-corrected chi connectivity index (χ3v) is 5.13. The lowest BCUT2D eigenvalue weighted by atomic mass is 9.80. The average molecular weight is 352 g/mol. The van der Waals surface area contributed by atoms with Gasteiger partial charge in [-0.3, -0.25) is 4.79 Å². The van der Waals surface area contributed by atoms with E-state index in [4.69, 9.17) is 22.3 Å². The van der Waals surface area contributed by atoms with Crippen molar-refractivity contribution in [2.24, 2.45) is 11.3 Å². The number of anilines is 1. The van der Waals surface area contributed by atoms with E-state index in [9.17, 15) is 13.2 Å². The van der Waals surface area contributed by atoms with Crippen LogP contribution in [0.4, 0.5) is 5.69 Å². The molecule has 7 heteroatoms. The first-order chi connectivity index (χ1) is 9.41. The van der Waals surface area contributed by atoms with Crippen LogP contribution in [0.1, 0.15) is 34.1 Å². The molecule has 1 aromatic carbocycles. The van der Waals surface area contributed by atoms with Gasteiger partial charge in [0.25, 0.3) is 9.05 Å². The topological polar surface area (TPSA) is 63.2 Å². The summed E-state index contributed by atoms with van der Waals surface area (Å²) in [6, 6.07) is 3.95. The summed E-state index contributed by atoms with van der Waals surface area (Å²) in [6.07, 6.45) is 0.357. The quantitative estimate of drug-likeness (QED) is 0.823. The molecular formula is C14H19Cl2NO3S. The molecule has 1 aromatic rings. The lowest BCUT2D eigenvalue weighted by molar-refractivity contribution is -0.117. The van der Waals surface area contributed by atoms with Crippen molar-refractivity contribution in [3.8, 4) is 0 Å². The van der Waals surface area contributed by atoms with E-state index in [0.717, 1.165) is 0 Å². The van der Waals surface area contributed by atoms with E-state index in [2.05, 4.69) is 26.1 Å². The van der Waals surface area contributed by atoms with Crippen molar-refractivity contribution in [1.29, 1.82) is 0 Å². The Bertz CT molecular complexity index is 636. The van der Waals surface area contributed by atoms with Gasteiger partial charge in [0.2, 0.25) is 5.91 Å². The SMILES string of the molecule is CC(CC(=O)Nc1ccc(S(=O)(=O)Cl)cc1Cl)C(C)(C)C. The molecule has 1 N–H and O–H groups in total. The Hall–Kier alpha value is -0.780. The van der Waals surface area contributed by atoms with Crippen LogP contribution in [-0.2, 0) is 13.8 Å². The van der Waals surface area contributed by atoms with Gasteiger partial charge >= 0.3 is 0 Å². The maximum absolute atomic E-state index is 12.0. The molecule has 4 nitrogen and oxygen atoms in total. The minimum absolute atomic E-state index is 0.0255. The number of halogens is 2. The molecule has 0 heterocycles. The Labute approximate surface area is 135 Å². The van der Waals surface area contributed by atoms with Crippen LogP contribution in [0, 0.1) is 11.3 Å². The first-order valence-corrected chi connectivity index (χ1v) is 9.14. The number of hydrogen-bond donors (Lipinski definition) is 1. The molecular weight excluding hydrogens is 333 g/mol. The van der Waals surface area contributed by atoms with Gasteiger partial charge in [0.1, 0.15) is 0 Å². The molecule has 21 heavy (non-hydrogen) atoms. The second-order valence-corrected chi connectivity index (χ2v) is 9.07. The Morgan fingerprint density at radius 1 is 1.33 bits per heavy atom. The van der Waals surface area contributed by atoms with Gasteiger partial charge in [0.15, 0.2) is 0 Å². The van der Waals surface area contributed by atoms with E-state index >= 15 is 0 Å². The van der Waals surface area contributed by atoms with Crippen molar-refractivity contribution in [3.05, 3.63) is 23.2 Å². The summed E-state index contributed by atoms with van der Waals surface area (Å²) in [7, 11) is 1.40. The predicted octanol–water partition coefficient (Wildman–Crippen LogP) is 4.28. The molecule has 0 aliphatic carbocycles. The summed E-state index contributed by atoms with van der Waals surface area (Å²) in [4.78, 5) is 11.9. The van der Waals surface area contributed by atoms with Crippen LogP contribution in [0.2, 0.25) is 5.02 Å². The Kier molecular flexibility index (Phi) is 5.69. The van der Waals surface area contributed by atoms with Gasteiger partial charge in [0, 0.05) is 17.1 Å². The maximum atomic E-state index is 12.0. The van der Waals surface area contributed by atoms with Gasteiger partial charge in [-0.05, 0) is 29.5 Å². The zero-order chi connectivity index (χ0) is 16.4. The second-order valence-electron chi connectivity index (χ2n) is 6.10. The minimum atomic E-state index is -3.83. The minimum Gasteiger partial charge on any atom is -0.325 e. The number of benzene rings is 1. The molecule has 0 fully saturated rings. The normalized spacial score (nSPS) is 13.8. The summed E-state index contributed by atoms with van der Waals surface area (Å²) in [6.45, 7) is 8.21. The Morgan fingerprint density at radius 2 is 1.90 bits per heavy atom. The summed E-state index contributed by atoms with van der Waals surface area (Å²) in [5.41, 5.74) is 0.393. The smallest absolute Gasteiger partial charge is 0.261 e. The average Bonchev–Trinajstić information content (AvgIpc) is 2.29. The molecule has 0 spiro atoms. The molecule has 118 valence electrons. The highest BCUT2D eigenvalue weighted by molar-refractivity contribution is 8.13. The van der Waals surface area contributed by atoms with Gasteiger partial charge in [-0.15, -0.1) is 0 Å². The molecule has 0 aliphatic rings. The highest BCUT2D eigenvalue weighted by atomic mass is 35.7. The summed E-state index contributed by atoms with van der Waals surface area (Å²) >= 11 is 5.97. The first-order valence-electron chi connectivity index (χ1n) is 6.45. The highest BCUT2D eigenvalue weighted by Gasteiger charge is 2.23. The van der Waals surface area contributed by atoms with Gasteiger partial charge in [0.05, 0.1) is 15.6 Å². The number of hydrogen-bond acceptors (Lipinski definition) is 3. The fourth-order valence-electron chi connectivity index (χ4n) is 1.53. The lowest BCUT2D eigenvalue weighted by Crippen LogP contribution is -2.24. The first kappa shape index (κ1) is 18.3. The van der Waals surface area contributed by atoms with E-state index in [1.807, 2.05) is 6.92 Å². The fourth-order valence-corrected chi connectivity index (χ4v) is 2.60. The molecule has 1 atom stereocenters. The van der Waals surface area contributed by atoms with Crippen LogP contribution in [0.15, 0.2) is 23.1 Å². The number of amides is 1. The van der Waals surface area contributed by atoms with E-state index in [1.54, 1.807) is 0 Å². The van der Waals surface area contributed by atoms with Gasteiger partial charge in [-0.25, -0.2) is 8.42 Å². The van der Waals surface area contributed by atoms with Gasteiger partial charge in [-0.1, -0.05) is 39.3 Å². The molecule has 1 amide bonds. The molecule has 0 aromatic heterocycles. The molecule has 1 rings (SSSR count). The third-order valence-electron chi connectivity index (χ3n) is 3.47. The summed E-state index contributed by atoms with van der Waals surface area (Å²) in [5, 5.41) is 2.82. The monoisotopic (exact) mass is 351 g/mol. The van der Waals surface area contributed by atoms with E-state index in [1.165, 1.54) is 18.2 Å². The van der Waals surface area contributed by atoms with Crippen LogP contribution >= 0.6 is 22.3 Å². The van der Waals surface area contributed by atoms with Gasteiger partial charge in [-0.2, -0.15) is 0 Å². The van der Waals surface area contributed by atoms with Crippen molar-refractivity contribution < 1.29 is 13.2 Å². The number of rotatable bonds is 4. The predicted molar refractivity (Wildman–Crippen MR) is 86.4 cm³/mol. The fraction of sp³-hybridized carbons (Fsp3) is 0.500. The van der Waals surface area contributed by atoms with E-state index < -0.39 is 9.05 Å². The van der Waals surface area contributed by atoms with Crippen LogP contribution in [0.25, 0.3) is 0 Å². The van der Waals surface area contributed by atoms with Crippen molar-refractivity contribution >= 4 is 42.9 Å². The van der Waals surface area contributed by atoms with Crippen molar-refractivity contribution in [1.82, 2.24) is 0 Å². The summed E-state index contributed by atoms with van der Waals surface area (Å²) < 4.78 is 22.4. The number of carbonyl (C=O) groups is 1. The second kappa shape index (κ2) is 6.55. The molecule has 0 bridgehead atoms. The van der Waals surface area contributed by atoms with Crippen LogP contribution < -0.4 is 5.32 Å². The Balaban J connectivity index is 2.83. The zero-order valence-corrected chi connectivity index (χ0v) is 14.7. The largest absolute Gasteiger partial charge is 0.325 e. The molecule has 0 aliphatic heterocycles. The third kappa shape index (κ3) is 5.49. The van der Waals surface area contributed by atoms with Crippen molar-refractivity contribution in [2.45, 2.75) is 39.0 Å². The Morgan fingerprint density at radius 3 is 2.33 bits per heavy atom. The zero-order valence-electron chi connectivity index (χ0n) is 12.4. The van der Waals surface area contributed by atoms with Crippen LogP contribution in [-0.4, -0.2) is 14.3 Å². The summed E-state index contributed by atoms with van der Waals surface area (Å²) in [5.74, 6) is 0.0274. The molecule has 0 saturated carbocycles. The van der Waals surface area contributed by atoms with Crippen molar-refractivity contribution in [2.75, 3.05) is 5.32 Å². The lowest BCUT2D eigenvalue weighted by Gasteiger charge is -2.26. The van der Waals surface area contributed by atoms with Crippen LogP contribution in [0.3, 0.4) is 0 Å². The number of nitrogens with one attached hydrogen (secondary N) is 1. The van der Waals surface area contributed by atoms with Crippen molar-refractivity contribution in [3.63, 3.8) is 0 Å². The molecule has 1 unspecified atom stereocenters. The highest BCUT2D eigenvalue weighted by Crippen LogP contribution is 2.30. The van der Waals surface area contributed by atoms with Gasteiger partial charge < -0.3 is 5.32 Å². The van der Waals surface area contributed by atoms with E-state index in [-0.39, 0.29) is 27.2 Å². The van der Waals surface area contributed by atoms with E-state index in [0.29, 0.717) is 12.1 Å². The molecule has 0 radical (unpaired) electrons. The van der Waals surface area contributed by atoms with Crippen LogP contribution in [0.5, 0.6) is 0 Å².